The Morgan fingerprint density at radius 3 is 2.76 bits per heavy atom. The molecular weight excluding hydrogens is 284 g/mol. The SMILES string of the molecule is CSCC(=O)N1CCn2nc(C3CC3)nc2[C@@H]1CC(C)C. The number of carbonyl (C=O) groups excluding carboxylic acids is 1. The molecule has 21 heavy (non-hydrogen) atoms. The molecule has 6 heteroatoms. The predicted molar refractivity (Wildman–Crippen MR) is 84.3 cm³/mol. The largest absolute Gasteiger partial charge is 0.330 e. The molecule has 0 saturated heterocycles. The third-order valence-electron chi connectivity index (χ3n) is 4.17. The molecule has 2 heterocycles. The van der Waals surface area contributed by atoms with Gasteiger partial charge in [-0.05, 0) is 31.4 Å². The number of thioether (sulfide) groups is 1. The van der Waals surface area contributed by atoms with Crippen molar-refractivity contribution in [2.75, 3.05) is 18.6 Å². The minimum Gasteiger partial charge on any atom is -0.330 e. The van der Waals surface area contributed by atoms with E-state index in [1.807, 2.05) is 15.8 Å². The van der Waals surface area contributed by atoms with Crippen LogP contribution in [0.15, 0.2) is 0 Å². The van der Waals surface area contributed by atoms with Gasteiger partial charge in [-0.25, -0.2) is 9.67 Å². The molecule has 1 amide bonds. The van der Waals surface area contributed by atoms with Gasteiger partial charge in [-0.15, -0.1) is 0 Å². The van der Waals surface area contributed by atoms with E-state index in [9.17, 15) is 4.79 Å². The van der Waals surface area contributed by atoms with Gasteiger partial charge < -0.3 is 4.90 Å². The van der Waals surface area contributed by atoms with Crippen LogP contribution in [0.2, 0.25) is 0 Å². The molecular formula is C15H24N4OS. The lowest BCUT2D eigenvalue weighted by molar-refractivity contribution is -0.132. The van der Waals surface area contributed by atoms with Crippen molar-refractivity contribution in [2.24, 2.45) is 5.92 Å². The van der Waals surface area contributed by atoms with Crippen LogP contribution in [0.1, 0.15) is 56.7 Å². The van der Waals surface area contributed by atoms with Crippen LogP contribution in [0.4, 0.5) is 0 Å². The van der Waals surface area contributed by atoms with Gasteiger partial charge in [0.05, 0.1) is 18.3 Å². The molecule has 1 atom stereocenters. The lowest BCUT2D eigenvalue weighted by Gasteiger charge is -2.36. The normalized spacial score (nSPS) is 21.7. The molecule has 1 fully saturated rings. The van der Waals surface area contributed by atoms with E-state index in [2.05, 4.69) is 18.9 Å². The fourth-order valence-corrected chi connectivity index (χ4v) is 3.39. The minimum atomic E-state index is 0.0957. The number of fused-ring (bicyclic) bond motifs is 1. The van der Waals surface area contributed by atoms with E-state index in [1.54, 1.807) is 11.8 Å². The maximum atomic E-state index is 12.4. The molecule has 116 valence electrons. The van der Waals surface area contributed by atoms with Crippen LogP contribution >= 0.6 is 11.8 Å². The Kier molecular flexibility index (Phi) is 4.24. The molecule has 2 aliphatic rings. The second-order valence-electron chi connectivity index (χ2n) is 6.49. The third kappa shape index (κ3) is 3.10. The molecule has 5 nitrogen and oxygen atoms in total. The summed E-state index contributed by atoms with van der Waals surface area (Å²) >= 11 is 1.59. The average molecular weight is 308 g/mol. The smallest absolute Gasteiger partial charge is 0.233 e. The Labute approximate surface area is 130 Å². The quantitative estimate of drug-likeness (QED) is 0.838. The van der Waals surface area contributed by atoms with Crippen LogP contribution in [-0.2, 0) is 11.3 Å². The number of aromatic nitrogens is 3. The van der Waals surface area contributed by atoms with E-state index in [0.29, 0.717) is 17.6 Å². The summed E-state index contributed by atoms with van der Waals surface area (Å²) in [7, 11) is 0. The monoisotopic (exact) mass is 308 g/mol. The zero-order valence-electron chi connectivity index (χ0n) is 13.1. The van der Waals surface area contributed by atoms with Crippen LogP contribution in [0.25, 0.3) is 0 Å². The predicted octanol–water partition coefficient (Wildman–Crippen LogP) is 2.45. The molecule has 1 aromatic rings. The Morgan fingerprint density at radius 2 is 2.14 bits per heavy atom. The molecule has 0 bridgehead atoms. The molecule has 1 saturated carbocycles. The number of hydrogen-bond acceptors (Lipinski definition) is 4. The third-order valence-corrected chi connectivity index (χ3v) is 4.70. The van der Waals surface area contributed by atoms with E-state index in [1.165, 1.54) is 12.8 Å². The van der Waals surface area contributed by atoms with E-state index >= 15 is 0 Å². The van der Waals surface area contributed by atoms with Crippen molar-refractivity contribution < 1.29 is 4.79 Å². The van der Waals surface area contributed by atoms with Crippen molar-refractivity contribution in [3.8, 4) is 0 Å². The second-order valence-corrected chi connectivity index (χ2v) is 7.36. The molecule has 0 aromatic carbocycles. The summed E-state index contributed by atoms with van der Waals surface area (Å²) in [5.41, 5.74) is 0. The van der Waals surface area contributed by atoms with Crippen molar-refractivity contribution in [1.29, 1.82) is 0 Å². The van der Waals surface area contributed by atoms with Crippen LogP contribution < -0.4 is 0 Å². The lowest BCUT2D eigenvalue weighted by Crippen LogP contribution is -2.44. The number of rotatable bonds is 5. The molecule has 0 spiro atoms. The highest BCUT2D eigenvalue weighted by atomic mass is 32.2. The highest BCUT2D eigenvalue weighted by molar-refractivity contribution is 7.99. The van der Waals surface area contributed by atoms with E-state index < -0.39 is 0 Å². The average Bonchev–Trinajstić information content (AvgIpc) is 3.18. The summed E-state index contributed by atoms with van der Waals surface area (Å²) in [4.78, 5) is 19.2. The Bertz CT molecular complexity index is 524. The summed E-state index contributed by atoms with van der Waals surface area (Å²) in [6.45, 7) is 5.95. The maximum absolute atomic E-state index is 12.4. The van der Waals surface area contributed by atoms with Crippen molar-refractivity contribution in [3.63, 3.8) is 0 Å². The lowest BCUT2D eigenvalue weighted by atomic mass is 10.0. The fourth-order valence-electron chi connectivity index (χ4n) is 2.98. The van der Waals surface area contributed by atoms with Crippen LogP contribution in [0.3, 0.4) is 0 Å². The molecule has 1 aliphatic carbocycles. The highest BCUT2D eigenvalue weighted by Gasteiger charge is 2.36. The van der Waals surface area contributed by atoms with Gasteiger partial charge >= 0.3 is 0 Å². The molecule has 1 aromatic heterocycles. The second kappa shape index (κ2) is 5.99. The molecule has 1 aliphatic heterocycles. The first-order valence-corrected chi connectivity index (χ1v) is 9.22. The van der Waals surface area contributed by atoms with E-state index in [-0.39, 0.29) is 11.9 Å². The summed E-state index contributed by atoms with van der Waals surface area (Å²) in [6.07, 6.45) is 5.37. The van der Waals surface area contributed by atoms with Gasteiger partial charge in [0.1, 0.15) is 5.82 Å². The zero-order chi connectivity index (χ0) is 15.0. The first-order valence-electron chi connectivity index (χ1n) is 7.83. The standard InChI is InChI=1S/C15H24N4OS/c1-10(2)8-12-15-16-14(11-4-5-11)17-19(15)7-6-18(12)13(20)9-21-3/h10-12H,4-9H2,1-3H3/t12-/m0/s1. The summed E-state index contributed by atoms with van der Waals surface area (Å²) in [5.74, 6) is 3.89. The zero-order valence-corrected chi connectivity index (χ0v) is 13.9. The van der Waals surface area contributed by atoms with Crippen molar-refractivity contribution in [2.45, 2.75) is 51.6 Å². The van der Waals surface area contributed by atoms with Gasteiger partial charge in [0.15, 0.2) is 5.82 Å². The highest BCUT2D eigenvalue weighted by Crippen LogP contribution is 2.40. The first-order chi connectivity index (χ1) is 10.1. The number of carbonyl (C=O) groups is 1. The van der Waals surface area contributed by atoms with Gasteiger partial charge in [0, 0.05) is 12.5 Å². The number of amides is 1. The number of hydrogen-bond donors (Lipinski definition) is 0. The van der Waals surface area contributed by atoms with Gasteiger partial charge in [0.2, 0.25) is 5.91 Å². The van der Waals surface area contributed by atoms with E-state index in [0.717, 1.165) is 31.2 Å². The van der Waals surface area contributed by atoms with Gasteiger partial charge in [-0.3, -0.25) is 4.79 Å². The molecule has 3 rings (SSSR count). The van der Waals surface area contributed by atoms with Crippen molar-refractivity contribution in [3.05, 3.63) is 11.6 Å². The van der Waals surface area contributed by atoms with Gasteiger partial charge in [-0.2, -0.15) is 16.9 Å². The number of nitrogens with zero attached hydrogens (tertiary/aromatic N) is 4. The van der Waals surface area contributed by atoms with Crippen molar-refractivity contribution in [1.82, 2.24) is 19.7 Å². The molecule has 0 unspecified atom stereocenters. The van der Waals surface area contributed by atoms with Crippen molar-refractivity contribution >= 4 is 17.7 Å². The Balaban J connectivity index is 1.88. The fraction of sp³-hybridized carbons (Fsp3) is 0.800. The Morgan fingerprint density at radius 1 is 1.38 bits per heavy atom. The molecule has 0 radical (unpaired) electrons. The molecule has 0 N–H and O–H groups in total. The first kappa shape index (κ1) is 14.9. The maximum Gasteiger partial charge on any atom is 0.233 e. The topological polar surface area (TPSA) is 51.0 Å². The summed E-state index contributed by atoms with van der Waals surface area (Å²) in [5, 5.41) is 4.67. The minimum absolute atomic E-state index is 0.0957. The van der Waals surface area contributed by atoms with E-state index in [4.69, 9.17) is 4.98 Å². The van der Waals surface area contributed by atoms with Crippen LogP contribution in [0.5, 0.6) is 0 Å². The van der Waals surface area contributed by atoms with Gasteiger partial charge in [-0.1, -0.05) is 13.8 Å². The Hall–Kier alpha value is -1.04. The summed E-state index contributed by atoms with van der Waals surface area (Å²) in [6, 6.07) is 0.0957. The van der Waals surface area contributed by atoms with Crippen LogP contribution in [0, 0.1) is 5.92 Å². The van der Waals surface area contributed by atoms with Gasteiger partial charge in [0.25, 0.3) is 0 Å². The summed E-state index contributed by atoms with van der Waals surface area (Å²) < 4.78 is 2.05. The van der Waals surface area contributed by atoms with Crippen LogP contribution in [-0.4, -0.2) is 44.1 Å².